The number of methoxy groups -OCH3 is 2. The van der Waals surface area contributed by atoms with Gasteiger partial charge < -0.3 is 20.6 Å². The highest BCUT2D eigenvalue weighted by Gasteiger charge is 2.31. The third-order valence-corrected chi connectivity index (χ3v) is 5.96. The number of hydrogen-bond acceptors (Lipinski definition) is 9. The van der Waals surface area contributed by atoms with Gasteiger partial charge in [-0.2, -0.15) is 18.3 Å². The van der Waals surface area contributed by atoms with Crippen LogP contribution >= 0.6 is 23.4 Å². The quantitative estimate of drug-likeness (QED) is 0.158. The van der Waals surface area contributed by atoms with Crippen molar-refractivity contribution in [1.29, 1.82) is 0 Å². The summed E-state index contributed by atoms with van der Waals surface area (Å²) in [5.74, 6) is 6.35. The number of halogens is 4. The van der Waals surface area contributed by atoms with Crippen molar-refractivity contribution in [2.45, 2.75) is 18.3 Å². The number of carbonyl (C=O) groups is 1. The highest BCUT2D eigenvalue weighted by molar-refractivity contribution is 7.99. The Morgan fingerprint density at radius 2 is 1.89 bits per heavy atom. The highest BCUT2D eigenvalue weighted by atomic mass is 35.5. The number of benzene rings is 2. The maximum absolute atomic E-state index is 12.9. The molecule has 2 aromatic carbocycles. The van der Waals surface area contributed by atoms with Crippen molar-refractivity contribution < 1.29 is 27.4 Å². The zero-order valence-electron chi connectivity index (χ0n) is 19.2. The molecule has 0 unspecified atom stereocenters. The lowest BCUT2D eigenvalue weighted by Crippen LogP contribution is -2.17. The lowest BCUT2D eigenvalue weighted by Gasteiger charge is -2.11. The number of hydrogen-bond donors (Lipinski definition) is 3. The summed E-state index contributed by atoms with van der Waals surface area (Å²) in [6.45, 7) is 1.75. The second kappa shape index (κ2) is 11.4. The van der Waals surface area contributed by atoms with Crippen molar-refractivity contribution in [1.82, 2.24) is 14.9 Å². The predicted octanol–water partition coefficient (Wildman–Crippen LogP) is 4.25. The molecule has 3 rings (SSSR count). The first-order valence-electron chi connectivity index (χ1n) is 10.1. The number of rotatable bonds is 9. The van der Waals surface area contributed by atoms with E-state index in [0.717, 1.165) is 40.2 Å². The minimum Gasteiger partial charge on any atom is -0.493 e. The van der Waals surface area contributed by atoms with Gasteiger partial charge in [0, 0.05) is 5.56 Å². The molecule has 0 aliphatic heterocycles. The van der Waals surface area contributed by atoms with Crippen LogP contribution in [0.4, 0.5) is 24.8 Å². The molecular formula is C21H21ClF3N7O3S. The normalized spacial score (nSPS) is 11.8. The number of nitrogens with one attached hydrogen (secondary N) is 2. The molecule has 0 saturated heterocycles. The summed E-state index contributed by atoms with van der Waals surface area (Å²) in [5.41, 5.74) is 2.94. The van der Waals surface area contributed by atoms with E-state index in [0.29, 0.717) is 17.2 Å². The largest absolute Gasteiger partial charge is 0.493 e. The van der Waals surface area contributed by atoms with Gasteiger partial charge in [0.25, 0.3) is 5.95 Å². The summed E-state index contributed by atoms with van der Waals surface area (Å²) in [6.07, 6.45) is -4.57. The molecule has 0 aliphatic rings. The highest BCUT2D eigenvalue weighted by Crippen LogP contribution is 2.34. The van der Waals surface area contributed by atoms with Gasteiger partial charge in [0.1, 0.15) is 0 Å². The molecule has 1 amide bonds. The third kappa shape index (κ3) is 6.51. The SMILES string of the molecule is COc1ccc(/C(C)=N/Nc2nnc(SCC(=O)Nc3cc(C(F)(F)F)ccc3Cl)n2N)cc1OC. The molecule has 0 bridgehead atoms. The number of ether oxygens (including phenoxy) is 2. The molecule has 3 aromatic rings. The monoisotopic (exact) mass is 543 g/mol. The maximum atomic E-state index is 12.9. The Labute approximate surface area is 213 Å². The number of aromatic nitrogens is 3. The Balaban J connectivity index is 1.62. The van der Waals surface area contributed by atoms with Crippen LogP contribution in [-0.4, -0.2) is 46.5 Å². The van der Waals surface area contributed by atoms with Crippen LogP contribution in [0.5, 0.6) is 11.5 Å². The molecule has 0 atom stereocenters. The number of amides is 1. The fraction of sp³-hybridized carbons (Fsp3) is 0.238. The van der Waals surface area contributed by atoms with Crippen LogP contribution < -0.4 is 26.1 Å². The van der Waals surface area contributed by atoms with Crippen molar-refractivity contribution in [3.05, 3.63) is 52.5 Å². The van der Waals surface area contributed by atoms with Crippen LogP contribution in [0, 0.1) is 0 Å². The van der Waals surface area contributed by atoms with E-state index in [-0.39, 0.29) is 27.6 Å². The molecule has 0 spiro atoms. The number of alkyl halides is 3. The third-order valence-electron chi connectivity index (χ3n) is 4.69. The molecule has 1 heterocycles. The van der Waals surface area contributed by atoms with E-state index < -0.39 is 17.6 Å². The Morgan fingerprint density at radius 1 is 1.17 bits per heavy atom. The second-order valence-corrected chi connectivity index (χ2v) is 8.43. The molecule has 0 radical (unpaired) electrons. The van der Waals surface area contributed by atoms with E-state index in [1.54, 1.807) is 25.1 Å². The Hall–Kier alpha value is -3.65. The Bertz CT molecular complexity index is 1280. The average Bonchev–Trinajstić information content (AvgIpc) is 3.20. The fourth-order valence-corrected chi connectivity index (χ4v) is 3.65. The van der Waals surface area contributed by atoms with Crippen molar-refractivity contribution in [2.24, 2.45) is 5.10 Å². The molecule has 10 nitrogen and oxygen atoms in total. The van der Waals surface area contributed by atoms with Crippen molar-refractivity contribution >= 4 is 46.6 Å². The minimum atomic E-state index is -4.57. The summed E-state index contributed by atoms with van der Waals surface area (Å²) in [5, 5.41) is 14.5. The number of nitrogens with two attached hydrogens (primary N) is 1. The lowest BCUT2D eigenvalue weighted by molar-refractivity contribution is -0.137. The predicted molar refractivity (Wildman–Crippen MR) is 131 cm³/mol. The maximum Gasteiger partial charge on any atom is 0.416 e. The lowest BCUT2D eigenvalue weighted by atomic mass is 10.1. The molecule has 4 N–H and O–H groups in total. The van der Waals surface area contributed by atoms with Gasteiger partial charge >= 0.3 is 6.18 Å². The number of carbonyl (C=O) groups excluding carboxylic acids is 1. The number of hydrazone groups is 1. The van der Waals surface area contributed by atoms with Gasteiger partial charge in [-0.15, -0.1) is 10.2 Å². The summed E-state index contributed by atoms with van der Waals surface area (Å²) in [7, 11) is 3.06. The van der Waals surface area contributed by atoms with Crippen molar-refractivity contribution in [2.75, 3.05) is 36.6 Å². The van der Waals surface area contributed by atoms with E-state index in [4.69, 9.17) is 26.9 Å². The van der Waals surface area contributed by atoms with E-state index in [1.165, 1.54) is 14.2 Å². The number of anilines is 2. The minimum absolute atomic E-state index is 0.0301. The van der Waals surface area contributed by atoms with Gasteiger partial charge in [-0.05, 0) is 43.3 Å². The first-order chi connectivity index (χ1) is 17.0. The molecule has 1 aromatic heterocycles. The van der Waals surface area contributed by atoms with Crippen molar-refractivity contribution in [3.63, 3.8) is 0 Å². The summed E-state index contributed by atoms with van der Waals surface area (Å²) in [6, 6.07) is 7.94. The van der Waals surface area contributed by atoms with E-state index in [2.05, 4.69) is 26.0 Å². The average molecular weight is 544 g/mol. The van der Waals surface area contributed by atoms with Gasteiger partial charge in [0.2, 0.25) is 11.1 Å². The zero-order chi connectivity index (χ0) is 26.5. The van der Waals surface area contributed by atoms with Crippen molar-refractivity contribution in [3.8, 4) is 11.5 Å². The van der Waals surface area contributed by atoms with Gasteiger partial charge in [-0.3, -0.25) is 4.79 Å². The summed E-state index contributed by atoms with van der Waals surface area (Å²) >= 11 is 6.82. The number of nitrogens with zero attached hydrogens (tertiary/aromatic N) is 4. The second-order valence-electron chi connectivity index (χ2n) is 7.08. The fourth-order valence-electron chi connectivity index (χ4n) is 2.83. The number of thioether (sulfide) groups is 1. The van der Waals surface area contributed by atoms with Gasteiger partial charge in [0.05, 0.1) is 42.0 Å². The molecular weight excluding hydrogens is 523 g/mol. The summed E-state index contributed by atoms with van der Waals surface area (Å²) in [4.78, 5) is 12.3. The molecule has 15 heteroatoms. The van der Waals surface area contributed by atoms with Crippen LogP contribution in [0.2, 0.25) is 5.02 Å². The molecule has 0 fully saturated rings. The Kier molecular flexibility index (Phi) is 8.53. The van der Waals surface area contributed by atoms with E-state index in [1.807, 2.05) is 0 Å². The molecule has 0 aliphatic carbocycles. The van der Waals surface area contributed by atoms with Crippen LogP contribution in [0.15, 0.2) is 46.7 Å². The smallest absolute Gasteiger partial charge is 0.416 e. The van der Waals surface area contributed by atoms with Crippen LogP contribution in [-0.2, 0) is 11.0 Å². The first-order valence-corrected chi connectivity index (χ1v) is 11.4. The standard InChI is InChI=1S/C21H21ClF3N7O3S/c1-11(12-4-7-16(34-2)17(8-12)35-3)28-29-19-30-31-20(32(19)26)36-10-18(33)27-15-9-13(21(23,24)25)5-6-14(15)22/h4-9H,10,26H2,1-3H3,(H,27,33)(H,29,30)/b28-11+. The zero-order valence-corrected chi connectivity index (χ0v) is 20.8. The van der Waals surface area contributed by atoms with E-state index in [9.17, 15) is 18.0 Å². The van der Waals surface area contributed by atoms with Crippen LogP contribution in [0.25, 0.3) is 0 Å². The molecule has 0 saturated carbocycles. The Morgan fingerprint density at radius 3 is 2.56 bits per heavy atom. The number of nitrogen functional groups attached to an aromatic ring is 1. The topological polar surface area (TPSA) is 129 Å². The summed E-state index contributed by atoms with van der Waals surface area (Å²) < 4.78 is 50.3. The van der Waals surface area contributed by atoms with Crippen LogP contribution in [0.1, 0.15) is 18.1 Å². The van der Waals surface area contributed by atoms with E-state index >= 15 is 0 Å². The molecule has 192 valence electrons. The van der Waals surface area contributed by atoms with Gasteiger partial charge in [-0.1, -0.05) is 23.4 Å². The first kappa shape index (κ1) is 26.9. The molecule has 36 heavy (non-hydrogen) atoms. The van der Waals surface area contributed by atoms with Crippen LogP contribution in [0.3, 0.4) is 0 Å². The van der Waals surface area contributed by atoms with Gasteiger partial charge in [0.15, 0.2) is 11.5 Å². The van der Waals surface area contributed by atoms with Gasteiger partial charge in [-0.25, -0.2) is 10.1 Å².